The van der Waals surface area contributed by atoms with E-state index in [1.54, 1.807) is 30.7 Å². The van der Waals surface area contributed by atoms with Gasteiger partial charge in [-0.3, -0.25) is 4.79 Å². The number of hydrogen-bond acceptors (Lipinski definition) is 3. The highest BCUT2D eigenvalue weighted by Gasteiger charge is 2.32. The van der Waals surface area contributed by atoms with Crippen LogP contribution in [-0.2, 0) is 24.4 Å². The van der Waals surface area contributed by atoms with Crippen LogP contribution in [-0.4, -0.2) is 38.6 Å². The number of aliphatic carboxylic acids is 1. The summed E-state index contributed by atoms with van der Waals surface area (Å²) in [6, 6.07) is 5.74. The van der Waals surface area contributed by atoms with Gasteiger partial charge < -0.3 is 14.6 Å². The summed E-state index contributed by atoms with van der Waals surface area (Å²) < 4.78 is 41.6. The number of halogens is 5. The third kappa shape index (κ3) is 5.20. The van der Waals surface area contributed by atoms with Gasteiger partial charge in [-0.2, -0.15) is 13.2 Å². The predicted octanol–water partition coefficient (Wildman–Crippen LogP) is 6.96. The first kappa shape index (κ1) is 26.4. The second-order valence-electron chi connectivity index (χ2n) is 9.28. The molecular weight excluding hydrogens is 514 g/mol. The van der Waals surface area contributed by atoms with Gasteiger partial charge in [0.15, 0.2) is 0 Å². The van der Waals surface area contributed by atoms with Crippen LogP contribution in [0.2, 0.25) is 10.0 Å². The van der Waals surface area contributed by atoms with Crippen molar-refractivity contribution in [3.63, 3.8) is 0 Å². The number of carboxylic acid groups (broad SMARTS) is 1. The van der Waals surface area contributed by atoms with Crippen molar-refractivity contribution in [1.82, 2.24) is 14.5 Å². The molecule has 192 valence electrons. The van der Waals surface area contributed by atoms with Crippen LogP contribution in [0.5, 0.6) is 0 Å². The Hall–Kier alpha value is -2.71. The molecule has 1 fully saturated rings. The quantitative estimate of drug-likeness (QED) is 0.368. The molecule has 2 aromatic carbocycles. The van der Waals surface area contributed by atoms with E-state index in [1.807, 2.05) is 0 Å². The lowest BCUT2D eigenvalue weighted by molar-refractivity contribution is -0.139. The van der Waals surface area contributed by atoms with Crippen molar-refractivity contribution >= 4 is 45.9 Å². The van der Waals surface area contributed by atoms with Crippen LogP contribution in [0.3, 0.4) is 0 Å². The normalized spacial score (nSPS) is 15.0. The van der Waals surface area contributed by atoms with Crippen LogP contribution < -0.4 is 0 Å². The van der Waals surface area contributed by atoms with Gasteiger partial charge in [0.25, 0.3) is 0 Å². The Kier molecular flexibility index (Phi) is 7.30. The summed E-state index contributed by atoms with van der Waals surface area (Å²) in [5, 5.41) is 9.89. The number of benzene rings is 2. The predicted molar refractivity (Wildman–Crippen MR) is 135 cm³/mol. The van der Waals surface area contributed by atoms with Gasteiger partial charge in [0.2, 0.25) is 0 Å². The maximum atomic E-state index is 13.3. The molecule has 1 aliphatic heterocycles. The fourth-order valence-electron chi connectivity index (χ4n) is 4.79. The summed E-state index contributed by atoms with van der Waals surface area (Å²) in [5.74, 6) is -0.112. The summed E-state index contributed by atoms with van der Waals surface area (Å²) >= 11 is 13.3. The Morgan fingerprint density at radius 2 is 1.89 bits per heavy atom. The average molecular weight is 540 g/mol. The molecule has 36 heavy (non-hydrogen) atoms. The molecule has 0 amide bonds. The zero-order valence-corrected chi connectivity index (χ0v) is 21.4. The Morgan fingerprint density at radius 3 is 2.50 bits per heavy atom. The molecule has 0 radical (unpaired) electrons. The molecule has 4 rings (SSSR count). The first-order valence-electron chi connectivity index (χ1n) is 11.5. The fourth-order valence-corrected chi connectivity index (χ4v) is 5.41. The van der Waals surface area contributed by atoms with E-state index in [1.165, 1.54) is 0 Å². The van der Waals surface area contributed by atoms with Gasteiger partial charge in [-0.05, 0) is 61.1 Å². The summed E-state index contributed by atoms with van der Waals surface area (Å²) in [4.78, 5) is 17.7. The third-order valence-corrected chi connectivity index (χ3v) is 7.67. The van der Waals surface area contributed by atoms with Crippen molar-refractivity contribution in [2.24, 2.45) is 13.0 Å². The van der Waals surface area contributed by atoms with Crippen LogP contribution >= 0.6 is 23.2 Å². The molecule has 0 bridgehead atoms. The molecule has 0 saturated carbocycles. The van der Waals surface area contributed by atoms with E-state index in [-0.39, 0.29) is 18.8 Å². The summed E-state index contributed by atoms with van der Waals surface area (Å²) in [6.07, 6.45) is -2.56. The third-order valence-electron chi connectivity index (χ3n) is 6.89. The van der Waals surface area contributed by atoms with Crippen molar-refractivity contribution in [2.75, 3.05) is 13.1 Å². The minimum Gasteiger partial charge on any atom is -0.481 e. The number of piperidine rings is 1. The van der Waals surface area contributed by atoms with E-state index in [9.17, 15) is 18.0 Å². The Morgan fingerprint density at radius 1 is 1.22 bits per heavy atom. The number of imidazole rings is 1. The number of carboxylic acids is 1. The molecular formula is C26H26Cl2F3N3O2. The highest BCUT2D eigenvalue weighted by molar-refractivity contribution is 6.37. The number of aryl methyl sites for hydroxylation is 2. The van der Waals surface area contributed by atoms with Gasteiger partial charge in [-0.25, -0.2) is 4.98 Å². The van der Waals surface area contributed by atoms with Gasteiger partial charge in [0.1, 0.15) is 5.82 Å². The molecule has 1 aliphatic rings. The lowest BCUT2D eigenvalue weighted by atomic mass is 9.92. The number of hydrogen-bond donors (Lipinski definition) is 1. The molecule has 2 heterocycles. The zero-order valence-electron chi connectivity index (χ0n) is 19.9. The van der Waals surface area contributed by atoms with E-state index in [0.29, 0.717) is 56.7 Å². The van der Waals surface area contributed by atoms with E-state index in [0.717, 1.165) is 30.7 Å². The zero-order chi connectivity index (χ0) is 26.4. The summed E-state index contributed by atoms with van der Waals surface area (Å²) in [5.41, 5.74) is 2.65. The van der Waals surface area contributed by atoms with Crippen LogP contribution in [0.15, 0.2) is 30.8 Å². The summed E-state index contributed by atoms with van der Waals surface area (Å²) in [7, 11) is 1.68. The largest absolute Gasteiger partial charge is 0.481 e. The standard InChI is InChI=1S/C26H26Cl2F3N3O2/c1-14-10-17(26(29,30)31)12-21-25(14)32-22(33(21)3)13-19-20(27)5-4-18(24(19)28)15(2)34-8-6-16(7-9-34)11-23(35)36/h4-5,10,12,16H,2,6-9,11,13H2,1,3H3,(H,35,36). The number of carbonyl (C=O) groups is 1. The minimum atomic E-state index is -4.45. The van der Waals surface area contributed by atoms with Crippen LogP contribution in [0.25, 0.3) is 16.7 Å². The Balaban J connectivity index is 1.62. The van der Waals surface area contributed by atoms with E-state index in [4.69, 9.17) is 28.3 Å². The molecule has 10 heteroatoms. The summed E-state index contributed by atoms with van der Waals surface area (Å²) in [6.45, 7) is 7.19. The molecule has 0 spiro atoms. The first-order valence-corrected chi connectivity index (χ1v) is 12.3. The van der Waals surface area contributed by atoms with Gasteiger partial charge in [0, 0.05) is 49.3 Å². The van der Waals surface area contributed by atoms with Gasteiger partial charge in [0.05, 0.1) is 21.6 Å². The molecule has 1 saturated heterocycles. The maximum absolute atomic E-state index is 13.3. The minimum absolute atomic E-state index is 0.140. The topological polar surface area (TPSA) is 58.4 Å². The molecule has 5 nitrogen and oxygen atoms in total. The molecule has 1 aromatic heterocycles. The van der Waals surface area contributed by atoms with E-state index in [2.05, 4.69) is 16.5 Å². The van der Waals surface area contributed by atoms with Crippen molar-refractivity contribution in [3.8, 4) is 0 Å². The molecule has 0 atom stereocenters. The van der Waals surface area contributed by atoms with Gasteiger partial charge >= 0.3 is 12.1 Å². The number of likely N-dealkylation sites (tertiary alicyclic amines) is 1. The van der Waals surface area contributed by atoms with E-state index >= 15 is 0 Å². The number of aromatic nitrogens is 2. The van der Waals surface area contributed by atoms with Crippen molar-refractivity contribution in [3.05, 3.63) is 69.0 Å². The lowest BCUT2D eigenvalue weighted by Gasteiger charge is -2.34. The number of nitrogens with zero attached hydrogens (tertiary/aromatic N) is 3. The second kappa shape index (κ2) is 9.98. The average Bonchev–Trinajstić information content (AvgIpc) is 3.12. The highest BCUT2D eigenvalue weighted by Crippen LogP contribution is 2.37. The fraction of sp³-hybridized carbons (Fsp3) is 0.385. The first-order chi connectivity index (χ1) is 16.9. The monoisotopic (exact) mass is 539 g/mol. The van der Waals surface area contributed by atoms with Crippen molar-refractivity contribution < 1.29 is 23.1 Å². The number of fused-ring (bicyclic) bond motifs is 1. The Labute approximate surface area is 217 Å². The molecule has 0 unspecified atom stereocenters. The number of rotatable bonds is 6. The van der Waals surface area contributed by atoms with Crippen molar-refractivity contribution in [1.29, 1.82) is 0 Å². The van der Waals surface area contributed by atoms with Gasteiger partial charge in [-0.15, -0.1) is 0 Å². The van der Waals surface area contributed by atoms with Gasteiger partial charge in [-0.1, -0.05) is 29.8 Å². The number of alkyl halides is 3. The highest BCUT2D eigenvalue weighted by atomic mass is 35.5. The maximum Gasteiger partial charge on any atom is 0.416 e. The van der Waals surface area contributed by atoms with Crippen LogP contribution in [0.4, 0.5) is 13.2 Å². The second-order valence-corrected chi connectivity index (χ2v) is 10.1. The molecule has 3 aromatic rings. The van der Waals surface area contributed by atoms with E-state index < -0.39 is 17.7 Å². The van der Waals surface area contributed by atoms with Crippen LogP contribution in [0.1, 0.15) is 47.3 Å². The SMILES string of the molecule is C=C(c1ccc(Cl)c(Cc2nc3c(C)cc(C(F)(F)F)cc3n2C)c1Cl)N1CCC(CC(=O)O)CC1. The van der Waals surface area contributed by atoms with Crippen LogP contribution in [0, 0.1) is 12.8 Å². The lowest BCUT2D eigenvalue weighted by Crippen LogP contribution is -2.33. The smallest absolute Gasteiger partial charge is 0.416 e. The Bertz CT molecular complexity index is 1340. The van der Waals surface area contributed by atoms with Crippen molar-refractivity contribution in [2.45, 2.75) is 38.8 Å². The molecule has 1 N–H and O–H groups in total. The molecule has 0 aliphatic carbocycles.